The van der Waals surface area contributed by atoms with E-state index in [1.807, 2.05) is 79.5 Å². The molecule has 0 heterocycles. The molecule has 0 amide bonds. The summed E-state index contributed by atoms with van der Waals surface area (Å²) in [7, 11) is 0. The van der Waals surface area contributed by atoms with Crippen LogP contribution in [-0.2, 0) is 4.79 Å². The molecule has 0 N–H and O–H groups in total. The number of carbonyl (C=O) groups is 1. The van der Waals surface area contributed by atoms with Crippen LogP contribution in [0.1, 0.15) is 54.0 Å². The molecule has 0 unspecified atom stereocenters. The molecule has 100 valence electrons. The number of allylic oxidation sites excluding steroid dienone is 1. The van der Waals surface area contributed by atoms with Crippen molar-refractivity contribution >= 4 is 12.9 Å². The molecule has 1 rings (SSSR count). The van der Waals surface area contributed by atoms with Gasteiger partial charge < -0.3 is 4.79 Å². The summed E-state index contributed by atoms with van der Waals surface area (Å²) in [5.74, 6) is 0. The van der Waals surface area contributed by atoms with Crippen molar-refractivity contribution in [3.8, 4) is 0 Å². The number of benzene rings is 1. The zero-order chi connectivity index (χ0) is 14.5. The maximum Gasteiger partial charge on any atom is 0.106 e. The number of hydrogen-bond donors (Lipinski definition) is 0. The SMILES string of the molecule is C/C=C/c1ccccc1.C=O.CC.CC.CC. The van der Waals surface area contributed by atoms with E-state index in [1.165, 1.54) is 5.56 Å². The molecule has 0 aliphatic carbocycles. The van der Waals surface area contributed by atoms with Crippen LogP contribution in [0.2, 0.25) is 0 Å². The molecule has 1 heteroatoms. The van der Waals surface area contributed by atoms with Crippen LogP contribution in [0.15, 0.2) is 36.4 Å². The predicted molar refractivity (Wildman–Crippen MR) is 82.3 cm³/mol. The summed E-state index contributed by atoms with van der Waals surface area (Å²) in [6, 6.07) is 10.3. The molecule has 1 aromatic rings. The highest BCUT2D eigenvalue weighted by Crippen LogP contribution is 1.99. The first-order valence-electron chi connectivity index (χ1n) is 6.40. The van der Waals surface area contributed by atoms with Crippen molar-refractivity contribution in [3.05, 3.63) is 42.0 Å². The van der Waals surface area contributed by atoms with Crippen molar-refractivity contribution < 1.29 is 4.79 Å². The Labute approximate surface area is 109 Å². The summed E-state index contributed by atoms with van der Waals surface area (Å²) in [5, 5.41) is 0. The van der Waals surface area contributed by atoms with E-state index in [4.69, 9.17) is 4.79 Å². The van der Waals surface area contributed by atoms with Crippen molar-refractivity contribution in [3.63, 3.8) is 0 Å². The van der Waals surface area contributed by atoms with E-state index in [9.17, 15) is 0 Å². The summed E-state index contributed by atoms with van der Waals surface area (Å²) in [5.41, 5.74) is 1.26. The second-order valence-corrected chi connectivity index (χ2v) is 1.91. The summed E-state index contributed by atoms with van der Waals surface area (Å²) < 4.78 is 0. The van der Waals surface area contributed by atoms with Crippen LogP contribution in [-0.4, -0.2) is 6.79 Å². The van der Waals surface area contributed by atoms with Crippen molar-refractivity contribution in [2.75, 3.05) is 0 Å². The van der Waals surface area contributed by atoms with E-state index >= 15 is 0 Å². The van der Waals surface area contributed by atoms with Crippen molar-refractivity contribution in [1.29, 1.82) is 0 Å². The van der Waals surface area contributed by atoms with Crippen LogP contribution in [0, 0.1) is 0 Å². The Morgan fingerprint density at radius 1 is 0.824 bits per heavy atom. The van der Waals surface area contributed by atoms with Crippen molar-refractivity contribution in [1.82, 2.24) is 0 Å². The second-order valence-electron chi connectivity index (χ2n) is 1.91. The van der Waals surface area contributed by atoms with Crippen LogP contribution >= 0.6 is 0 Å². The van der Waals surface area contributed by atoms with E-state index < -0.39 is 0 Å². The van der Waals surface area contributed by atoms with Crippen LogP contribution in [0.5, 0.6) is 0 Å². The maximum atomic E-state index is 8.00. The van der Waals surface area contributed by atoms with Gasteiger partial charge in [0.15, 0.2) is 0 Å². The van der Waals surface area contributed by atoms with Gasteiger partial charge in [0.25, 0.3) is 0 Å². The van der Waals surface area contributed by atoms with Crippen LogP contribution in [0.25, 0.3) is 6.08 Å². The number of rotatable bonds is 1. The van der Waals surface area contributed by atoms with Gasteiger partial charge in [-0.15, -0.1) is 0 Å². The number of carbonyl (C=O) groups excluding carboxylic acids is 1. The molecule has 0 aliphatic heterocycles. The molecule has 0 bridgehead atoms. The average molecular weight is 238 g/mol. The van der Waals surface area contributed by atoms with Gasteiger partial charge in [0.05, 0.1) is 0 Å². The smallest absolute Gasteiger partial charge is 0.106 e. The highest BCUT2D eigenvalue weighted by molar-refractivity contribution is 5.47. The molecule has 0 saturated carbocycles. The molecule has 17 heavy (non-hydrogen) atoms. The topological polar surface area (TPSA) is 17.1 Å². The molecule has 1 aromatic carbocycles. The van der Waals surface area contributed by atoms with Crippen LogP contribution < -0.4 is 0 Å². The molecule has 0 spiro atoms. The van der Waals surface area contributed by atoms with Crippen LogP contribution in [0.4, 0.5) is 0 Å². The molecular weight excluding hydrogens is 208 g/mol. The fraction of sp³-hybridized carbons (Fsp3) is 0.438. The van der Waals surface area contributed by atoms with Gasteiger partial charge in [0, 0.05) is 0 Å². The normalized spacial score (nSPS) is 6.76. The molecule has 0 aliphatic rings. The second kappa shape index (κ2) is 36.5. The first-order valence-corrected chi connectivity index (χ1v) is 6.40. The summed E-state index contributed by atoms with van der Waals surface area (Å²) in [4.78, 5) is 8.00. The van der Waals surface area contributed by atoms with Crippen LogP contribution in [0.3, 0.4) is 0 Å². The van der Waals surface area contributed by atoms with E-state index in [0.29, 0.717) is 0 Å². The lowest BCUT2D eigenvalue weighted by molar-refractivity contribution is -0.0979. The minimum Gasteiger partial charge on any atom is -0.307 e. The molecule has 0 saturated heterocycles. The highest BCUT2D eigenvalue weighted by Gasteiger charge is 1.77. The zero-order valence-corrected chi connectivity index (χ0v) is 12.7. The van der Waals surface area contributed by atoms with E-state index in [1.54, 1.807) is 0 Å². The Morgan fingerprint density at radius 2 is 1.18 bits per heavy atom. The van der Waals surface area contributed by atoms with Gasteiger partial charge in [-0.2, -0.15) is 0 Å². The largest absolute Gasteiger partial charge is 0.307 e. The Balaban J connectivity index is -0.0000000905. The Morgan fingerprint density at radius 3 is 1.47 bits per heavy atom. The van der Waals surface area contributed by atoms with Gasteiger partial charge in [-0.3, -0.25) is 0 Å². The van der Waals surface area contributed by atoms with E-state index in [0.717, 1.165) is 0 Å². The summed E-state index contributed by atoms with van der Waals surface area (Å²) >= 11 is 0. The third-order valence-electron chi connectivity index (χ3n) is 1.16. The zero-order valence-electron chi connectivity index (χ0n) is 12.7. The van der Waals surface area contributed by atoms with Gasteiger partial charge in [-0.25, -0.2) is 0 Å². The predicted octanol–water partition coefficient (Wildman–Crippen LogP) is 5.61. The van der Waals surface area contributed by atoms with E-state index in [-0.39, 0.29) is 0 Å². The van der Waals surface area contributed by atoms with E-state index in [2.05, 4.69) is 18.2 Å². The van der Waals surface area contributed by atoms with Gasteiger partial charge in [0.1, 0.15) is 6.79 Å². The summed E-state index contributed by atoms with van der Waals surface area (Å²) in [6.07, 6.45) is 4.12. The molecule has 0 radical (unpaired) electrons. The fourth-order valence-corrected chi connectivity index (χ4v) is 0.757. The fourth-order valence-electron chi connectivity index (χ4n) is 0.757. The lowest BCUT2D eigenvalue weighted by Crippen LogP contribution is -1.65. The molecule has 0 aromatic heterocycles. The molecule has 0 atom stereocenters. The monoisotopic (exact) mass is 238 g/mol. The van der Waals surface area contributed by atoms with Gasteiger partial charge >= 0.3 is 0 Å². The molecule has 0 fully saturated rings. The summed E-state index contributed by atoms with van der Waals surface area (Å²) in [6.45, 7) is 16.0. The maximum absolute atomic E-state index is 8.00. The molecule has 1 nitrogen and oxygen atoms in total. The first-order chi connectivity index (χ1) is 8.43. The lowest BCUT2D eigenvalue weighted by Gasteiger charge is -1.86. The lowest BCUT2D eigenvalue weighted by atomic mass is 10.2. The Hall–Kier alpha value is -1.37. The highest BCUT2D eigenvalue weighted by atomic mass is 16.1. The van der Waals surface area contributed by atoms with Gasteiger partial charge in [-0.1, -0.05) is 84.0 Å². The average Bonchev–Trinajstić information content (AvgIpc) is 2.49. The van der Waals surface area contributed by atoms with Gasteiger partial charge in [-0.05, 0) is 12.5 Å². The minimum absolute atomic E-state index is 1.26. The standard InChI is InChI=1S/C9H10.3C2H6.CH2O/c1-2-6-9-7-4-3-5-8-9;4*1-2/h2-8H,1H3;3*1-2H3;1H2/b6-2+;;;;. The Kier molecular flexibility index (Phi) is 53.1. The van der Waals surface area contributed by atoms with Crippen molar-refractivity contribution in [2.24, 2.45) is 0 Å². The van der Waals surface area contributed by atoms with Crippen molar-refractivity contribution in [2.45, 2.75) is 48.5 Å². The quantitative estimate of drug-likeness (QED) is 0.621. The third kappa shape index (κ3) is 25.2. The first kappa shape index (κ1) is 24.7. The molecular formula is C16H30O. The van der Waals surface area contributed by atoms with Gasteiger partial charge in [0.2, 0.25) is 0 Å². The Bertz CT molecular complexity index is 202. The number of hydrogen-bond acceptors (Lipinski definition) is 1. The minimum atomic E-state index is 1.26. The third-order valence-corrected chi connectivity index (χ3v) is 1.16.